The molecule has 0 bridgehead atoms. The third-order valence-corrected chi connectivity index (χ3v) is 11.2. The first-order chi connectivity index (χ1) is 26.2. The second-order valence-electron chi connectivity index (χ2n) is 13.1. The summed E-state index contributed by atoms with van der Waals surface area (Å²) in [5.74, 6) is 0. The Bertz CT molecular complexity index is 2740. The Kier molecular flexibility index (Phi) is 8.53. The van der Waals surface area contributed by atoms with Gasteiger partial charge in [-0.1, -0.05) is 115 Å². The third-order valence-electron chi connectivity index (χ3n) is 10.0. The number of allylic oxidation sites excluding steroid dienone is 2. The summed E-state index contributed by atoms with van der Waals surface area (Å²) >= 11 is 1.89. The van der Waals surface area contributed by atoms with E-state index in [1.165, 1.54) is 47.3 Å². The van der Waals surface area contributed by atoms with Crippen molar-refractivity contribution in [2.75, 3.05) is 9.80 Å². The molecule has 0 aliphatic rings. The van der Waals surface area contributed by atoms with Crippen molar-refractivity contribution in [1.82, 2.24) is 0 Å². The molecule has 3 N–H and O–H groups in total. The number of benzene rings is 8. The van der Waals surface area contributed by atoms with E-state index in [1.54, 1.807) is 0 Å². The highest BCUT2D eigenvalue weighted by molar-refractivity contribution is 7.27. The fraction of sp³-hybridized carbons (Fsp3) is 0.0204. The fourth-order valence-corrected chi connectivity index (χ4v) is 8.86. The number of fused-ring (bicyclic) bond motifs is 8. The largest absolute Gasteiger partial charge is 0.331 e. The zero-order chi connectivity index (χ0) is 35.7. The van der Waals surface area contributed by atoms with Gasteiger partial charge in [-0.05, 0) is 101 Å². The topological polar surface area (TPSA) is 34.1 Å². The summed E-state index contributed by atoms with van der Waals surface area (Å²) in [6, 6.07) is 63.4. The number of hydrogen-bond donors (Lipinski definition) is 1. The predicted molar refractivity (Wildman–Crippen MR) is 229 cm³/mol. The van der Waals surface area contributed by atoms with Crippen molar-refractivity contribution in [3.05, 3.63) is 200 Å². The van der Waals surface area contributed by atoms with Crippen molar-refractivity contribution >= 4 is 81.5 Å². The van der Waals surface area contributed by atoms with Gasteiger partial charge in [0.2, 0.25) is 0 Å². The lowest BCUT2D eigenvalue weighted by Gasteiger charge is -2.27. The molecule has 0 saturated carbocycles. The van der Waals surface area contributed by atoms with Gasteiger partial charge in [0.05, 0.1) is 6.20 Å². The molecule has 1 heterocycles. The second-order valence-corrected chi connectivity index (χ2v) is 14.2. The van der Waals surface area contributed by atoms with E-state index >= 15 is 0 Å². The van der Waals surface area contributed by atoms with E-state index in [1.807, 2.05) is 17.5 Å². The Morgan fingerprint density at radius 1 is 0.491 bits per heavy atom. The quantitative estimate of drug-likeness (QED) is 0.126. The maximum atomic E-state index is 4.05. The van der Waals surface area contributed by atoms with Gasteiger partial charge in [0.15, 0.2) is 0 Å². The molecular formula is C49H38N3S+. The maximum absolute atomic E-state index is 4.05. The Morgan fingerprint density at radius 2 is 1.02 bits per heavy atom. The van der Waals surface area contributed by atoms with Gasteiger partial charge in [-0.15, -0.1) is 11.3 Å². The minimum Gasteiger partial charge on any atom is -0.331 e. The molecule has 0 aliphatic heterocycles. The number of para-hydroxylation sites is 2. The van der Waals surface area contributed by atoms with Crippen LogP contribution in [0.4, 0.5) is 28.4 Å². The van der Waals surface area contributed by atoms with E-state index in [2.05, 4.69) is 211 Å². The van der Waals surface area contributed by atoms with Crippen LogP contribution in [0.25, 0.3) is 52.8 Å². The van der Waals surface area contributed by atoms with Crippen molar-refractivity contribution in [3.8, 4) is 11.1 Å². The fourth-order valence-electron chi connectivity index (χ4n) is 7.61. The third kappa shape index (κ3) is 5.84. The summed E-state index contributed by atoms with van der Waals surface area (Å²) in [5, 5.41) is 7.79. The van der Waals surface area contributed by atoms with Crippen molar-refractivity contribution in [2.45, 2.75) is 6.92 Å². The normalized spacial score (nSPS) is 12.0. The van der Waals surface area contributed by atoms with Gasteiger partial charge in [-0.3, -0.25) is 0 Å². The van der Waals surface area contributed by atoms with Crippen LogP contribution in [-0.2, 0) is 0 Å². The Balaban J connectivity index is 1.11. The van der Waals surface area contributed by atoms with Crippen molar-refractivity contribution in [3.63, 3.8) is 0 Å². The van der Waals surface area contributed by atoms with Crippen molar-refractivity contribution < 1.29 is 5.73 Å². The van der Waals surface area contributed by atoms with E-state index in [4.69, 9.17) is 0 Å². The molecule has 4 heteroatoms. The van der Waals surface area contributed by atoms with Crippen LogP contribution < -0.4 is 15.5 Å². The number of nitrogens with zero attached hydrogens (tertiary/aromatic N) is 2. The zero-order valence-electron chi connectivity index (χ0n) is 29.5. The lowest BCUT2D eigenvalue weighted by molar-refractivity contribution is -0.274. The minimum absolute atomic E-state index is 1.06. The highest BCUT2D eigenvalue weighted by Crippen LogP contribution is 2.45. The van der Waals surface area contributed by atoms with Gasteiger partial charge in [-0.2, -0.15) is 0 Å². The highest BCUT2D eigenvalue weighted by Gasteiger charge is 2.19. The lowest BCUT2D eigenvalue weighted by atomic mass is 9.96. The van der Waals surface area contributed by atoms with Crippen molar-refractivity contribution in [1.29, 1.82) is 0 Å². The molecule has 9 aromatic rings. The number of quaternary nitrogens is 1. The predicted octanol–water partition coefficient (Wildman–Crippen LogP) is 13.3. The van der Waals surface area contributed by atoms with Crippen LogP contribution in [-0.4, -0.2) is 0 Å². The summed E-state index contributed by atoms with van der Waals surface area (Å²) in [4.78, 5) is 4.62. The molecular weight excluding hydrogens is 663 g/mol. The van der Waals surface area contributed by atoms with Gasteiger partial charge in [0.1, 0.15) is 0 Å². The molecule has 53 heavy (non-hydrogen) atoms. The number of anilines is 5. The molecule has 8 aromatic carbocycles. The summed E-state index contributed by atoms with van der Waals surface area (Å²) in [6.45, 7) is 2.09. The first-order valence-electron chi connectivity index (χ1n) is 18.0. The van der Waals surface area contributed by atoms with Crippen LogP contribution in [0.2, 0.25) is 0 Å². The molecule has 0 fully saturated rings. The van der Waals surface area contributed by atoms with Crippen LogP contribution in [0.5, 0.6) is 0 Å². The van der Waals surface area contributed by atoms with E-state index < -0.39 is 0 Å². The smallest absolute Gasteiger partial charge is 0.0930 e. The van der Waals surface area contributed by atoms with Crippen LogP contribution >= 0.6 is 11.3 Å². The minimum atomic E-state index is 1.06. The Hall–Kier alpha value is -6.46. The average molecular weight is 701 g/mol. The molecule has 0 atom stereocenters. The molecule has 1 aromatic heterocycles. The van der Waals surface area contributed by atoms with Crippen LogP contribution in [0.1, 0.15) is 6.92 Å². The van der Waals surface area contributed by atoms with E-state index in [9.17, 15) is 0 Å². The van der Waals surface area contributed by atoms with Crippen molar-refractivity contribution in [2.24, 2.45) is 0 Å². The first-order valence-corrected chi connectivity index (χ1v) is 18.8. The Morgan fingerprint density at radius 3 is 1.64 bits per heavy atom. The van der Waals surface area contributed by atoms with E-state index in [0.717, 1.165) is 39.7 Å². The molecule has 0 radical (unpaired) electrons. The van der Waals surface area contributed by atoms with E-state index in [-0.39, 0.29) is 0 Å². The number of rotatable bonds is 8. The molecule has 0 amide bonds. The molecule has 0 unspecified atom stereocenters. The zero-order valence-corrected chi connectivity index (χ0v) is 30.3. The summed E-state index contributed by atoms with van der Waals surface area (Å²) in [5.41, 5.74) is 13.0. The summed E-state index contributed by atoms with van der Waals surface area (Å²) in [7, 11) is 0. The second kappa shape index (κ2) is 13.9. The monoisotopic (exact) mass is 700 g/mol. The number of thiophene rings is 1. The first kappa shape index (κ1) is 32.4. The molecule has 0 saturated heterocycles. The lowest BCUT2D eigenvalue weighted by Crippen LogP contribution is -2.39. The van der Waals surface area contributed by atoms with Gasteiger partial charge in [0, 0.05) is 65.8 Å². The SMILES string of the molecule is CC=C(C=C[NH3+])N(c1ccc(-c2ccc(N(c3ccccc3)c3ccccc3)cc2)cc1)c1ccc2c(c1)c1ccccc1c1c3ccccc3sc21. The average Bonchev–Trinajstić information content (AvgIpc) is 3.62. The van der Waals surface area contributed by atoms with Gasteiger partial charge in [0.25, 0.3) is 0 Å². The molecule has 9 rings (SSSR count). The molecule has 0 aliphatic carbocycles. The number of hydrogen-bond acceptors (Lipinski definition) is 3. The van der Waals surface area contributed by atoms with Gasteiger partial charge < -0.3 is 15.5 Å². The Labute approximate surface area is 313 Å². The van der Waals surface area contributed by atoms with Crippen LogP contribution in [0.15, 0.2) is 200 Å². The van der Waals surface area contributed by atoms with Crippen LogP contribution in [0.3, 0.4) is 0 Å². The summed E-state index contributed by atoms with van der Waals surface area (Å²) < 4.78 is 2.66. The molecule has 254 valence electrons. The molecule has 0 spiro atoms. The van der Waals surface area contributed by atoms with E-state index in [0.29, 0.717) is 0 Å². The van der Waals surface area contributed by atoms with Gasteiger partial charge in [-0.25, -0.2) is 0 Å². The highest BCUT2D eigenvalue weighted by atomic mass is 32.1. The van der Waals surface area contributed by atoms with Gasteiger partial charge >= 0.3 is 0 Å². The molecule has 3 nitrogen and oxygen atoms in total. The summed E-state index contributed by atoms with van der Waals surface area (Å²) in [6.07, 6.45) is 6.09. The standard InChI is InChI=1S/C49H37N3S/c1-2-36(31-32-50)51(41-29-30-44-46(33-41)42-17-9-10-18-43(42)48-45-19-11-12-20-47(45)53-49(44)48)39-25-21-34(22-26-39)35-23-27-40(28-24-35)52(37-13-5-3-6-14-37)38-15-7-4-8-16-38/h2-33H,50H2,1H3/p+1. The maximum Gasteiger partial charge on any atom is 0.0930 e. The van der Waals surface area contributed by atoms with Crippen LogP contribution in [0, 0.1) is 0 Å².